The maximum Gasteiger partial charge on any atom is 0.265 e. The number of rotatable bonds is 4. The van der Waals surface area contributed by atoms with Gasteiger partial charge in [-0.15, -0.1) is 0 Å². The predicted octanol–water partition coefficient (Wildman–Crippen LogP) is 3.61. The average molecular weight is 343 g/mol. The summed E-state index contributed by atoms with van der Waals surface area (Å²) in [6, 6.07) is 0. The van der Waals surface area contributed by atoms with Crippen LogP contribution in [0.25, 0.3) is 0 Å². The zero-order valence-electron chi connectivity index (χ0n) is 12.4. The lowest BCUT2D eigenvalue weighted by atomic mass is 9.77. The summed E-state index contributed by atoms with van der Waals surface area (Å²) in [5, 5.41) is 0. The molecule has 4 nitrogen and oxygen atoms in total. The number of H-pyrrole nitrogens is 1. The molecule has 0 spiro atoms. The summed E-state index contributed by atoms with van der Waals surface area (Å²) in [4.78, 5) is 19.5. The van der Waals surface area contributed by atoms with E-state index in [9.17, 15) is 4.79 Å². The molecule has 0 unspecified atom stereocenters. The van der Waals surface area contributed by atoms with Crippen LogP contribution in [0.4, 0.5) is 0 Å². The second kappa shape index (κ2) is 6.85. The van der Waals surface area contributed by atoms with Crippen LogP contribution in [0.15, 0.2) is 9.27 Å². The molecule has 1 aromatic rings. The molecule has 0 aromatic carbocycles. The largest absolute Gasteiger partial charge is 0.378 e. The molecule has 1 aliphatic rings. The maximum atomic E-state index is 12.0. The number of ether oxygens (including phenoxy) is 1. The molecule has 0 radical (unpaired) electrons. The molecule has 20 heavy (non-hydrogen) atoms. The number of nitrogens with one attached hydrogen (secondary N) is 1. The SMILES string of the molecule is COCc1nc(C2CCC(C(C)C)CC2)[nH]c(=O)c1Br. The van der Waals surface area contributed by atoms with E-state index in [0.29, 0.717) is 22.7 Å². The van der Waals surface area contributed by atoms with Crippen molar-refractivity contribution in [3.63, 3.8) is 0 Å². The minimum atomic E-state index is -0.104. The molecule has 1 N–H and O–H groups in total. The van der Waals surface area contributed by atoms with Gasteiger partial charge in [-0.1, -0.05) is 13.8 Å². The van der Waals surface area contributed by atoms with Crippen LogP contribution in [0.3, 0.4) is 0 Å². The molecule has 1 aliphatic carbocycles. The minimum Gasteiger partial charge on any atom is -0.378 e. The normalized spacial score (nSPS) is 23.2. The van der Waals surface area contributed by atoms with Crippen molar-refractivity contribution in [1.29, 1.82) is 0 Å². The first-order chi connectivity index (χ1) is 9.52. The summed E-state index contributed by atoms with van der Waals surface area (Å²) in [5.74, 6) is 2.76. The first-order valence-electron chi connectivity index (χ1n) is 7.30. The third-order valence-electron chi connectivity index (χ3n) is 4.33. The van der Waals surface area contributed by atoms with Gasteiger partial charge in [0, 0.05) is 13.0 Å². The van der Waals surface area contributed by atoms with Crippen molar-refractivity contribution in [3.05, 3.63) is 26.3 Å². The summed E-state index contributed by atoms with van der Waals surface area (Å²) >= 11 is 3.28. The molecule has 1 fully saturated rings. The van der Waals surface area contributed by atoms with Crippen molar-refractivity contribution in [2.24, 2.45) is 11.8 Å². The lowest BCUT2D eigenvalue weighted by Gasteiger charge is -2.30. The molecule has 0 bridgehead atoms. The van der Waals surface area contributed by atoms with Crippen molar-refractivity contribution < 1.29 is 4.74 Å². The van der Waals surface area contributed by atoms with Crippen LogP contribution in [0.5, 0.6) is 0 Å². The van der Waals surface area contributed by atoms with Crippen LogP contribution in [0, 0.1) is 11.8 Å². The summed E-state index contributed by atoms with van der Waals surface area (Å²) in [5.41, 5.74) is 0.588. The van der Waals surface area contributed by atoms with Crippen LogP contribution in [-0.2, 0) is 11.3 Å². The standard InChI is InChI=1S/C15H23BrN2O2/c1-9(2)10-4-6-11(7-5-10)14-17-12(8-20-3)13(16)15(19)18-14/h9-11H,4-8H2,1-3H3,(H,17,18,19). The second-order valence-corrected chi connectivity index (χ2v) is 6.79. The lowest BCUT2D eigenvalue weighted by molar-refractivity contribution is 0.180. The number of methoxy groups -OCH3 is 1. The van der Waals surface area contributed by atoms with Gasteiger partial charge in [0.15, 0.2) is 0 Å². The molecule has 0 amide bonds. The van der Waals surface area contributed by atoms with Crippen molar-refractivity contribution in [2.45, 2.75) is 52.1 Å². The number of hydrogen-bond donors (Lipinski definition) is 1. The Kier molecular flexibility index (Phi) is 5.38. The van der Waals surface area contributed by atoms with Gasteiger partial charge in [0.1, 0.15) is 10.3 Å². The minimum absolute atomic E-state index is 0.104. The van der Waals surface area contributed by atoms with Gasteiger partial charge in [0.05, 0.1) is 12.3 Å². The van der Waals surface area contributed by atoms with E-state index in [4.69, 9.17) is 4.74 Å². The Morgan fingerprint density at radius 2 is 2.00 bits per heavy atom. The monoisotopic (exact) mass is 342 g/mol. The zero-order valence-corrected chi connectivity index (χ0v) is 14.0. The van der Waals surface area contributed by atoms with Crippen LogP contribution in [0.2, 0.25) is 0 Å². The quantitative estimate of drug-likeness (QED) is 0.909. The van der Waals surface area contributed by atoms with E-state index >= 15 is 0 Å². The highest BCUT2D eigenvalue weighted by atomic mass is 79.9. The fourth-order valence-electron chi connectivity index (χ4n) is 3.01. The van der Waals surface area contributed by atoms with Crippen LogP contribution < -0.4 is 5.56 Å². The van der Waals surface area contributed by atoms with E-state index in [1.807, 2.05) is 0 Å². The summed E-state index contributed by atoms with van der Waals surface area (Å²) in [7, 11) is 1.61. The summed E-state index contributed by atoms with van der Waals surface area (Å²) < 4.78 is 5.59. The molecule has 112 valence electrons. The van der Waals surface area contributed by atoms with Crippen LogP contribution >= 0.6 is 15.9 Å². The van der Waals surface area contributed by atoms with Crippen molar-refractivity contribution in [2.75, 3.05) is 7.11 Å². The predicted molar refractivity (Wildman–Crippen MR) is 82.8 cm³/mol. The molecule has 1 saturated carbocycles. The fraction of sp³-hybridized carbons (Fsp3) is 0.733. The molecule has 5 heteroatoms. The Morgan fingerprint density at radius 1 is 1.35 bits per heavy atom. The van der Waals surface area contributed by atoms with E-state index in [2.05, 4.69) is 39.7 Å². The Balaban J connectivity index is 2.16. The highest BCUT2D eigenvalue weighted by molar-refractivity contribution is 9.10. The Labute approximate surface area is 128 Å². The lowest BCUT2D eigenvalue weighted by Crippen LogP contribution is -2.23. The third kappa shape index (κ3) is 3.50. The molecular weight excluding hydrogens is 320 g/mol. The highest BCUT2D eigenvalue weighted by Crippen LogP contribution is 2.37. The van der Waals surface area contributed by atoms with Crippen LogP contribution in [0.1, 0.15) is 57.0 Å². The van der Waals surface area contributed by atoms with Gasteiger partial charge in [0.25, 0.3) is 5.56 Å². The smallest absolute Gasteiger partial charge is 0.265 e. The number of aromatic amines is 1. The number of hydrogen-bond acceptors (Lipinski definition) is 3. The van der Waals surface area contributed by atoms with E-state index in [-0.39, 0.29) is 5.56 Å². The highest BCUT2D eigenvalue weighted by Gasteiger charge is 2.26. The van der Waals surface area contributed by atoms with Gasteiger partial charge in [-0.25, -0.2) is 4.98 Å². The first-order valence-corrected chi connectivity index (χ1v) is 8.09. The number of nitrogens with zero attached hydrogens (tertiary/aromatic N) is 1. The molecule has 0 saturated heterocycles. The van der Waals surface area contributed by atoms with Gasteiger partial charge in [-0.05, 0) is 53.4 Å². The molecule has 1 heterocycles. The number of aromatic nitrogens is 2. The second-order valence-electron chi connectivity index (χ2n) is 6.00. The van der Waals surface area contributed by atoms with Crippen molar-refractivity contribution >= 4 is 15.9 Å². The van der Waals surface area contributed by atoms with E-state index < -0.39 is 0 Å². The maximum absolute atomic E-state index is 12.0. The van der Waals surface area contributed by atoms with Gasteiger partial charge in [-0.3, -0.25) is 4.79 Å². The van der Waals surface area contributed by atoms with Crippen LogP contribution in [-0.4, -0.2) is 17.1 Å². The Hall–Kier alpha value is -0.680. The zero-order chi connectivity index (χ0) is 14.7. The van der Waals surface area contributed by atoms with Crippen molar-refractivity contribution in [3.8, 4) is 0 Å². The molecule has 1 aromatic heterocycles. The molecule has 0 atom stereocenters. The van der Waals surface area contributed by atoms with E-state index in [1.165, 1.54) is 12.8 Å². The van der Waals surface area contributed by atoms with Gasteiger partial charge in [0.2, 0.25) is 0 Å². The number of halogens is 1. The molecule has 0 aliphatic heterocycles. The topological polar surface area (TPSA) is 55.0 Å². The average Bonchev–Trinajstić information content (AvgIpc) is 2.44. The van der Waals surface area contributed by atoms with Gasteiger partial charge in [-0.2, -0.15) is 0 Å². The van der Waals surface area contributed by atoms with E-state index in [1.54, 1.807) is 7.11 Å². The first kappa shape index (κ1) is 15.7. The summed E-state index contributed by atoms with van der Waals surface area (Å²) in [6.45, 7) is 4.95. The van der Waals surface area contributed by atoms with E-state index in [0.717, 1.165) is 30.5 Å². The Morgan fingerprint density at radius 3 is 2.55 bits per heavy atom. The van der Waals surface area contributed by atoms with Gasteiger partial charge < -0.3 is 9.72 Å². The molecular formula is C15H23BrN2O2. The van der Waals surface area contributed by atoms with Gasteiger partial charge >= 0.3 is 0 Å². The third-order valence-corrected chi connectivity index (χ3v) is 5.15. The van der Waals surface area contributed by atoms with Crippen molar-refractivity contribution in [1.82, 2.24) is 9.97 Å². The summed E-state index contributed by atoms with van der Waals surface area (Å²) in [6.07, 6.45) is 4.67. The fourth-order valence-corrected chi connectivity index (χ4v) is 3.31. The Bertz CT molecular complexity index is 505. The molecule has 2 rings (SSSR count).